The largest absolute Gasteiger partial charge is 0.496 e. The first kappa shape index (κ1) is 14.0. The highest BCUT2D eigenvalue weighted by Gasteiger charge is 2.27. The summed E-state index contributed by atoms with van der Waals surface area (Å²) < 4.78 is 6.22. The van der Waals surface area contributed by atoms with Crippen molar-refractivity contribution >= 4 is 55.5 Å². The molecule has 3 nitrogen and oxygen atoms in total. The minimum atomic E-state index is 0. The topological polar surface area (TPSA) is 24.8 Å². The molecule has 1 aromatic rings. The van der Waals surface area contributed by atoms with Crippen LogP contribution in [0.3, 0.4) is 0 Å². The molecule has 0 bridgehead atoms. The molecule has 96 valence electrons. The van der Waals surface area contributed by atoms with Crippen LogP contribution in [0.15, 0.2) is 33.1 Å². The van der Waals surface area contributed by atoms with Crippen LogP contribution in [0.4, 0.5) is 0 Å². The summed E-state index contributed by atoms with van der Waals surface area (Å²) in [5.74, 6) is 0.857. The number of benzene rings is 1. The second-order valence-corrected chi connectivity index (χ2v) is 5.48. The van der Waals surface area contributed by atoms with E-state index in [-0.39, 0.29) is 17.0 Å². The Bertz CT molecular complexity index is 531. The zero-order chi connectivity index (χ0) is 11.8. The number of amidine groups is 1. The SMILES string of the molecule is Br.COc1ccc(C2=CSC3=NCCN23)cc1Br. The molecule has 0 amide bonds. The minimum absolute atomic E-state index is 0. The van der Waals surface area contributed by atoms with E-state index >= 15 is 0 Å². The van der Waals surface area contributed by atoms with Crippen LogP contribution in [0.1, 0.15) is 5.56 Å². The van der Waals surface area contributed by atoms with Crippen LogP contribution in [0.25, 0.3) is 5.70 Å². The van der Waals surface area contributed by atoms with Crippen molar-refractivity contribution < 1.29 is 4.74 Å². The first-order valence-corrected chi connectivity index (χ1v) is 6.99. The molecule has 6 heteroatoms. The number of hydrogen-bond acceptors (Lipinski definition) is 4. The van der Waals surface area contributed by atoms with Crippen LogP contribution >= 0.6 is 44.7 Å². The van der Waals surface area contributed by atoms with Crippen molar-refractivity contribution in [2.24, 2.45) is 4.99 Å². The Balaban J connectivity index is 0.00000120. The lowest BCUT2D eigenvalue weighted by Gasteiger charge is -2.17. The molecule has 0 saturated heterocycles. The quantitative estimate of drug-likeness (QED) is 0.767. The highest BCUT2D eigenvalue weighted by molar-refractivity contribution is 9.10. The number of rotatable bonds is 2. The summed E-state index contributed by atoms with van der Waals surface area (Å²) in [4.78, 5) is 6.71. The summed E-state index contributed by atoms with van der Waals surface area (Å²) in [7, 11) is 1.68. The molecule has 18 heavy (non-hydrogen) atoms. The number of ether oxygens (including phenoxy) is 1. The monoisotopic (exact) mass is 390 g/mol. The van der Waals surface area contributed by atoms with Gasteiger partial charge in [0, 0.05) is 17.5 Å². The molecular formula is C12H12Br2N2OS. The van der Waals surface area contributed by atoms with E-state index < -0.39 is 0 Å². The Kier molecular flexibility index (Phi) is 4.40. The van der Waals surface area contributed by atoms with Crippen molar-refractivity contribution in [3.8, 4) is 5.75 Å². The molecule has 0 N–H and O–H groups in total. The van der Waals surface area contributed by atoms with Gasteiger partial charge in [0.1, 0.15) is 5.75 Å². The fraction of sp³-hybridized carbons (Fsp3) is 0.250. The number of nitrogens with zero attached hydrogens (tertiary/aromatic N) is 2. The predicted octanol–water partition coefficient (Wildman–Crippen LogP) is 3.75. The maximum absolute atomic E-state index is 5.24. The van der Waals surface area contributed by atoms with Crippen LogP contribution in [-0.2, 0) is 0 Å². The van der Waals surface area contributed by atoms with Gasteiger partial charge in [0.05, 0.1) is 23.8 Å². The first-order chi connectivity index (χ1) is 8.29. The molecule has 2 aliphatic rings. The summed E-state index contributed by atoms with van der Waals surface area (Å²) in [6.45, 7) is 1.88. The van der Waals surface area contributed by atoms with Gasteiger partial charge < -0.3 is 9.64 Å². The molecule has 0 aliphatic carbocycles. The molecule has 0 unspecified atom stereocenters. The van der Waals surface area contributed by atoms with Gasteiger partial charge in [-0.1, -0.05) is 11.8 Å². The van der Waals surface area contributed by atoms with Gasteiger partial charge in [-0.15, -0.1) is 17.0 Å². The standard InChI is InChI=1S/C12H11BrN2OS.BrH/c1-16-11-3-2-8(6-9(11)13)10-7-17-12-14-4-5-15(10)12;/h2-3,6-7H,4-5H2,1H3;1H. The van der Waals surface area contributed by atoms with Crippen LogP contribution in [0, 0.1) is 0 Å². The summed E-state index contributed by atoms with van der Waals surface area (Å²) in [5.41, 5.74) is 2.42. The van der Waals surface area contributed by atoms with Crippen molar-refractivity contribution in [3.63, 3.8) is 0 Å². The Morgan fingerprint density at radius 3 is 3.00 bits per heavy atom. The third-order valence-corrected chi connectivity index (χ3v) is 4.34. The molecule has 0 fully saturated rings. The zero-order valence-corrected chi connectivity index (χ0v) is 13.8. The van der Waals surface area contributed by atoms with E-state index in [0.29, 0.717) is 0 Å². The fourth-order valence-corrected chi connectivity index (χ4v) is 3.48. The smallest absolute Gasteiger partial charge is 0.168 e. The summed E-state index contributed by atoms with van der Waals surface area (Å²) in [6.07, 6.45) is 0. The summed E-state index contributed by atoms with van der Waals surface area (Å²) in [6, 6.07) is 6.15. The van der Waals surface area contributed by atoms with Crippen molar-refractivity contribution in [1.82, 2.24) is 4.90 Å². The van der Waals surface area contributed by atoms with E-state index in [1.54, 1.807) is 18.9 Å². The molecule has 2 aliphatic heterocycles. The molecule has 0 saturated carbocycles. The van der Waals surface area contributed by atoms with Crippen molar-refractivity contribution in [3.05, 3.63) is 33.6 Å². The Morgan fingerprint density at radius 1 is 1.44 bits per heavy atom. The number of methoxy groups -OCH3 is 1. The maximum Gasteiger partial charge on any atom is 0.168 e. The molecule has 3 rings (SSSR count). The lowest BCUT2D eigenvalue weighted by molar-refractivity contribution is 0.412. The molecule has 1 aromatic carbocycles. The van der Waals surface area contributed by atoms with E-state index in [1.807, 2.05) is 6.07 Å². The van der Waals surface area contributed by atoms with Gasteiger partial charge in [-0.25, -0.2) is 0 Å². The molecular weight excluding hydrogens is 380 g/mol. The maximum atomic E-state index is 5.24. The average Bonchev–Trinajstić information content (AvgIpc) is 2.90. The lowest BCUT2D eigenvalue weighted by atomic mass is 10.1. The zero-order valence-electron chi connectivity index (χ0n) is 9.72. The van der Waals surface area contributed by atoms with Crippen molar-refractivity contribution in [2.75, 3.05) is 20.2 Å². The number of aliphatic imine (C=N–C) groups is 1. The van der Waals surface area contributed by atoms with Gasteiger partial charge in [0.25, 0.3) is 0 Å². The van der Waals surface area contributed by atoms with Gasteiger partial charge in [-0.05, 0) is 34.1 Å². The number of thioether (sulfide) groups is 1. The minimum Gasteiger partial charge on any atom is -0.496 e. The lowest BCUT2D eigenvalue weighted by Crippen LogP contribution is -2.19. The molecule has 0 spiro atoms. The van der Waals surface area contributed by atoms with Gasteiger partial charge in [-0.2, -0.15) is 0 Å². The Labute approximate surface area is 129 Å². The second-order valence-electron chi connectivity index (χ2n) is 3.79. The van der Waals surface area contributed by atoms with Crippen LogP contribution in [0.2, 0.25) is 0 Å². The van der Waals surface area contributed by atoms with E-state index in [9.17, 15) is 0 Å². The first-order valence-electron chi connectivity index (χ1n) is 5.32. The summed E-state index contributed by atoms with van der Waals surface area (Å²) >= 11 is 5.22. The van der Waals surface area contributed by atoms with Crippen LogP contribution in [0.5, 0.6) is 5.75 Å². The van der Waals surface area contributed by atoms with E-state index in [2.05, 4.69) is 43.4 Å². The normalized spacial score (nSPS) is 16.9. The molecule has 0 aromatic heterocycles. The highest BCUT2D eigenvalue weighted by atomic mass is 79.9. The van der Waals surface area contributed by atoms with Gasteiger partial charge in [0.2, 0.25) is 0 Å². The van der Waals surface area contributed by atoms with Gasteiger partial charge in [0.15, 0.2) is 5.17 Å². The Morgan fingerprint density at radius 2 is 2.28 bits per heavy atom. The van der Waals surface area contributed by atoms with Crippen LogP contribution < -0.4 is 4.74 Å². The van der Waals surface area contributed by atoms with Gasteiger partial charge >= 0.3 is 0 Å². The van der Waals surface area contributed by atoms with Crippen LogP contribution in [-0.4, -0.2) is 30.3 Å². The molecule has 0 atom stereocenters. The number of fused-ring (bicyclic) bond motifs is 1. The highest BCUT2D eigenvalue weighted by Crippen LogP contribution is 2.37. The number of halogens is 2. The van der Waals surface area contributed by atoms with Crippen molar-refractivity contribution in [1.29, 1.82) is 0 Å². The van der Waals surface area contributed by atoms with E-state index in [0.717, 1.165) is 28.5 Å². The molecule has 0 radical (unpaired) electrons. The molecule has 2 heterocycles. The summed E-state index contributed by atoms with van der Waals surface area (Å²) in [5, 5.41) is 3.28. The third-order valence-electron chi connectivity index (χ3n) is 2.82. The van der Waals surface area contributed by atoms with Crippen molar-refractivity contribution in [2.45, 2.75) is 0 Å². The van der Waals surface area contributed by atoms with E-state index in [1.165, 1.54) is 11.3 Å². The fourth-order valence-electron chi connectivity index (χ4n) is 1.97. The predicted molar refractivity (Wildman–Crippen MR) is 85.6 cm³/mol. The van der Waals surface area contributed by atoms with E-state index in [4.69, 9.17) is 4.74 Å². The third kappa shape index (κ3) is 2.33. The van der Waals surface area contributed by atoms with Gasteiger partial charge in [-0.3, -0.25) is 4.99 Å². The Hall–Kier alpha value is -0.460. The number of hydrogen-bond donors (Lipinski definition) is 0. The average molecular weight is 392 g/mol. The second kappa shape index (κ2) is 5.67.